The zero-order chi connectivity index (χ0) is 18.6. The second-order valence-electron chi connectivity index (χ2n) is 6.00. The molecule has 1 atom stereocenters. The van der Waals surface area contributed by atoms with Gasteiger partial charge >= 0.3 is 12.1 Å². The number of ether oxygens (including phenoxy) is 2. The minimum atomic E-state index is -4.25. The lowest BCUT2D eigenvalue weighted by Crippen LogP contribution is -2.50. The van der Waals surface area contributed by atoms with Gasteiger partial charge in [-0.05, 0) is 25.0 Å². The van der Waals surface area contributed by atoms with E-state index in [0.717, 1.165) is 0 Å². The highest BCUT2D eigenvalue weighted by Gasteiger charge is 2.36. The number of hydrogen-bond donors (Lipinski definition) is 1. The molecule has 6 nitrogen and oxygen atoms in total. The number of allylic oxidation sites excluding steroid dienone is 2. The molecule has 2 aliphatic heterocycles. The predicted octanol–water partition coefficient (Wildman–Crippen LogP) is 2.19. The molecular weight excluding hydrogens is 341 g/mol. The first-order valence-corrected chi connectivity index (χ1v) is 8.09. The number of aliphatic carboxylic acids is 1. The molecule has 2 aliphatic rings. The third-order valence-electron chi connectivity index (χ3n) is 4.24. The lowest BCUT2D eigenvalue weighted by atomic mass is 10.0. The highest BCUT2D eigenvalue weighted by atomic mass is 19.4. The Labute approximate surface area is 144 Å². The summed E-state index contributed by atoms with van der Waals surface area (Å²) in [6.07, 6.45) is -4.53. The SMILES string of the molecule is COC1C(C(=O)O)=C(C)C=C(N2CCOCC2)N1CCCC(F)(F)F. The van der Waals surface area contributed by atoms with Crippen molar-refractivity contribution in [2.24, 2.45) is 0 Å². The van der Waals surface area contributed by atoms with Crippen LogP contribution < -0.4 is 0 Å². The normalized spacial score (nSPS) is 22.3. The van der Waals surface area contributed by atoms with E-state index < -0.39 is 24.8 Å². The average Bonchev–Trinajstić information content (AvgIpc) is 2.54. The summed E-state index contributed by atoms with van der Waals surface area (Å²) in [7, 11) is 1.36. The number of rotatable bonds is 6. The first kappa shape index (κ1) is 19.6. The summed E-state index contributed by atoms with van der Waals surface area (Å²) in [5.74, 6) is -0.456. The maximum atomic E-state index is 12.5. The van der Waals surface area contributed by atoms with Gasteiger partial charge in [-0.1, -0.05) is 0 Å². The van der Waals surface area contributed by atoms with E-state index in [1.54, 1.807) is 17.9 Å². The quantitative estimate of drug-likeness (QED) is 0.780. The molecule has 0 bridgehead atoms. The number of carboxylic acid groups (broad SMARTS) is 1. The van der Waals surface area contributed by atoms with Crippen molar-refractivity contribution < 1.29 is 32.5 Å². The van der Waals surface area contributed by atoms with Gasteiger partial charge in [0, 0.05) is 33.2 Å². The maximum Gasteiger partial charge on any atom is 0.389 e. The molecule has 1 N–H and O–H groups in total. The van der Waals surface area contributed by atoms with Crippen LogP contribution in [0.5, 0.6) is 0 Å². The molecule has 2 heterocycles. The van der Waals surface area contributed by atoms with Gasteiger partial charge in [0.25, 0.3) is 0 Å². The fourth-order valence-corrected chi connectivity index (χ4v) is 3.09. The van der Waals surface area contributed by atoms with Crippen LogP contribution in [0.15, 0.2) is 23.0 Å². The third-order valence-corrected chi connectivity index (χ3v) is 4.24. The van der Waals surface area contributed by atoms with E-state index in [0.29, 0.717) is 37.7 Å². The standard InChI is InChI=1S/C16H23F3N2O4/c1-11-10-12(20-6-8-25-9-7-20)21(5-3-4-16(17,18)19)14(24-2)13(11)15(22)23/h10,14H,3-9H2,1-2H3,(H,22,23). The lowest BCUT2D eigenvalue weighted by molar-refractivity contribution is -0.140. The molecule has 0 saturated carbocycles. The Morgan fingerprint density at radius 1 is 1.40 bits per heavy atom. The maximum absolute atomic E-state index is 12.5. The molecule has 0 aromatic heterocycles. The number of morpholine rings is 1. The molecule has 0 aromatic rings. The van der Waals surface area contributed by atoms with Crippen LogP contribution in [0.1, 0.15) is 19.8 Å². The van der Waals surface area contributed by atoms with E-state index >= 15 is 0 Å². The second-order valence-corrected chi connectivity index (χ2v) is 6.00. The van der Waals surface area contributed by atoms with Crippen LogP contribution in [-0.2, 0) is 14.3 Å². The van der Waals surface area contributed by atoms with Gasteiger partial charge in [0.15, 0.2) is 6.23 Å². The number of methoxy groups -OCH3 is 1. The van der Waals surface area contributed by atoms with Crippen LogP contribution in [0.25, 0.3) is 0 Å². The molecule has 25 heavy (non-hydrogen) atoms. The molecule has 0 aromatic carbocycles. The highest BCUT2D eigenvalue weighted by molar-refractivity contribution is 5.89. The van der Waals surface area contributed by atoms with Crippen LogP contribution >= 0.6 is 0 Å². The van der Waals surface area contributed by atoms with E-state index in [9.17, 15) is 23.1 Å². The monoisotopic (exact) mass is 364 g/mol. The van der Waals surface area contributed by atoms with Crippen LogP contribution in [-0.4, -0.2) is 73.2 Å². The molecule has 0 radical (unpaired) electrons. The second kappa shape index (κ2) is 8.09. The number of carbonyl (C=O) groups is 1. The minimum Gasteiger partial charge on any atom is -0.478 e. The van der Waals surface area contributed by atoms with Gasteiger partial charge in [-0.3, -0.25) is 0 Å². The number of hydrogen-bond acceptors (Lipinski definition) is 5. The summed E-state index contributed by atoms with van der Waals surface area (Å²) >= 11 is 0. The third kappa shape index (κ3) is 4.88. The number of alkyl halides is 3. The van der Waals surface area contributed by atoms with Crippen molar-refractivity contribution in [3.63, 3.8) is 0 Å². The van der Waals surface area contributed by atoms with E-state index in [1.807, 2.05) is 4.90 Å². The van der Waals surface area contributed by atoms with Crippen molar-refractivity contribution in [2.45, 2.75) is 32.2 Å². The number of nitrogens with zero attached hydrogens (tertiary/aromatic N) is 2. The topological polar surface area (TPSA) is 62.2 Å². The summed E-state index contributed by atoms with van der Waals surface area (Å²) in [6, 6.07) is 0. The van der Waals surface area contributed by atoms with Gasteiger partial charge in [0.05, 0.1) is 18.8 Å². The lowest BCUT2D eigenvalue weighted by Gasteiger charge is -2.44. The molecule has 1 fully saturated rings. The highest BCUT2D eigenvalue weighted by Crippen LogP contribution is 2.31. The molecule has 2 rings (SSSR count). The van der Waals surface area contributed by atoms with Crippen molar-refractivity contribution in [1.29, 1.82) is 0 Å². The van der Waals surface area contributed by atoms with Crippen LogP contribution in [0.4, 0.5) is 13.2 Å². The summed E-state index contributed by atoms with van der Waals surface area (Å²) in [5.41, 5.74) is 0.583. The summed E-state index contributed by atoms with van der Waals surface area (Å²) in [4.78, 5) is 15.2. The Kier molecular flexibility index (Phi) is 6.34. The Morgan fingerprint density at radius 3 is 2.56 bits per heavy atom. The van der Waals surface area contributed by atoms with Gasteiger partial charge in [-0.25, -0.2) is 4.79 Å². The molecule has 1 saturated heterocycles. The Balaban J connectivity index is 2.28. The van der Waals surface area contributed by atoms with E-state index in [1.165, 1.54) is 7.11 Å². The zero-order valence-corrected chi connectivity index (χ0v) is 14.3. The molecule has 1 unspecified atom stereocenters. The van der Waals surface area contributed by atoms with Gasteiger partial charge in [-0.2, -0.15) is 13.2 Å². The Bertz CT molecular complexity index is 554. The summed E-state index contributed by atoms with van der Waals surface area (Å²) in [5, 5.41) is 9.47. The van der Waals surface area contributed by atoms with Gasteiger partial charge in [-0.15, -0.1) is 0 Å². The Morgan fingerprint density at radius 2 is 2.04 bits per heavy atom. The summed E-state index contributed by atoms with van der Waals surface area (Å²) in [6.45, 7) is 3.93. The van der Waals surface area contributed by atoms with Gasteiger partial charge in [0.1, 0.15) is 5.82 Å². The number of halogens is 3. The molecule has 0 aliphatic carbocycles. The van der Waals surface area contributed by atoms with Crippen molar-refractivity contribution >= 4 is 5.97 Å². The smallest absolute Gasteiger partial charge is 0.389 e. The average molecular weight is 364 g/mol. The van der Waals surface area contributed by atoms with Crippen molar-refractivity contribution in [1.82, 2.24) is 9.80 Å². The molecule has 0 spiro atoms. The number of carboxylic acids is 1. The molecular formula is C16H23F3N2O4. The molecule has 0 amide bonds. The van der Waals surface area contributed by atoms with Crippen molar-refractivity contribution in [3.8, 4) is 0 Å². The first-order chi connectivity index (χ1) is 11.7. The summed E-state index contributed by atoms with van der Waals surface area (Å²) < 4.78 is 48.2. The van der Waals surface area contributed by atoms with E-state index in [4.69, 9.17) is 9.47 Å². The Hall–Kier alpha value is -1.74. The van der Waals surface area contributed by atoms with Gasteiger partial charge in [0.2, 0.25) is 0 Å². The van der Waals surface area contributed by atoms with Crippen LogP contribution in [0.3, 0.4) is 0 Å². The van der Waals surface area contributed by atoms with Crippen molar-refractivity contribution in [2.75, 3.05) is 40.0 Å². The largest absolute Gasteiger partial charge is 0.478 e. The molecule has 9 heteroatoms. The van der Waals surface area contributed by atoms with Gasteiger partial charge < -0.3 is 24.4 Å². The van der Waals surface area contributed by atoms with Crippen LogP contribution in [0.2, 0.25) is 0 Å². The fraction of sp³-hybridized carbons (Fsp3) is 0.688. The fourth-order valence-electron chi connectivity index (χ4n) is 3.09. The van der Waals surface area contributed by atoms with Crippen LogP contribution in [0, 0.1) is 0 Å². The predicted molar refractivity (Wildman–Crippen MR) is 83.6 cm³/mol. The minimum absolute atomic E-state index is 0.0469. The zero-order valence-electron chi connectivity index (χ0n) is 14.3. The van der Waals surface area contributed by atoms with E-state index in [2.05, 4.69) is 0 Å². The van der Waals surface area contributed by atoms with E-state index in [-0.39, 0.29) is 18.5 Å². The molecule has 142 valence electrons. The first-order valence-electron chi connectivity index (χ1n) is 8.09. The van der Waals surface area contributed by atoms with Crippen molar-refractivity contribution in [3.05, 3.63) is 23.0 Å².